The van der Waals surface area contributed by atoms with Gasteiger partial charge in [0.15, 0.2) is 0 Å². The van der Waals surface area contributed by atoms with E-state index in [2.05, 4.69) is 15.5 Å². The molecular weight excluding hydrogens is 313 g/mol. The van der Waals surface area contributed by atoms with Crippen molar-refractivity contribution < 1.29 is 18.1 Å². The molecule has 0 saturated heterocycles. The Labute approximate surface area is 128 Å². The maximum absolute atomic E-state index is 12.4. The molecule has 1 N–H and O–H groups in total. The van der Waals surface area contributed by atoms with Gasteiger partial charge < -0.3 is 0 Å². The van der Waals surface area contributed by atoms with Gasteiger partial charge in [-0.3, -0.25) is 15.5 Å². The largest absolute Gasteiger partial charge is 0.417 e. The zero-order valence-corrected chi connectivity index (χ0v) is 11.8. The van der Waals surface area contributed by atoms with E-state index in [1.807, 2.05) is 0 Å². The number of non-ortho nitro benzene ring substituents is 1. The molecule has 2 aromatic rings. The van der Waals surface area contributed by atoms with Crippen molar-refractivity contribution in [2.24, 2.45) is 5.10 Å². The van der Waals surface area contributed by atoms with E-state index in [1.165, 1.54) is 24.3 Å². The molecule has 0 aliphatic carbocycles. The topological polar surface area (TPSA) is 80.4 Å². The maximum atomic E-state index is 12.4. The van der Waals surface area contributed by atoms with Crippen molar-refractivity contribution in [2.75, 3.05) is 5.43 Å². The Kier molecular flexibility index (Phi) is 4.58. The van der Waals surface area contributed by atoms with Crippen molar-refractivity contribution in [1.29, 1.82) is 0 Å². The number of nitro benzene ring substituents is 1. The average molecular weight is 324 g/mol. The molecule has 0 atom stereocenters. The predicted octanol–water partition coefficient (Wildman–Crippen LogP) is 3.84. The van der Waals surface area contributed by atoms with Gasteiger partial charge in [-0.2, -0.15) is 18.3 Å². The fourth-order valence-electron chi connectivity index (χ4n) is 1.66. The highest BCUT2D eigenvalue weighted by Gasteiger charge is 2.30. The highest BCUT2D eigenvalue weighted by molar-refractivity contribution is 5.99. The van der Waals surface area contributed by atoms with E-state index >= 15 is 0 Å². The molecule has 120 valence electrons. The van der Waals surface area contributed by atoms with E-state index in [9.17, 15) is 23.3 Å². The van der Waals surface area contributed by atoms with E-state index in [0.717, 1.165) is 12.1 Å². The highest BCUT2D eigenvalue weighted by Crippen LogP contribution is 2.28. The van der Waals surface area contributed by atoms with Crippen molar-refractivity contribution in [3.05, 3.63) is 63.8 Å². The van der Waals surface area contributed by atoms with E-state index in [1.54, 1.807) is 6.92 Å². The Bertz CT molecular complexity index is 725. The van der Waals surface area contributed by atoms with Crippen LogP contribution in [-0.2, 0) is 6.18 Å². The zero-order chi connectivity index (χ0) is 17.0. The Morgan fingerprint density at radius 1 is 1.22 bits per heavy atom. The molecule has 1 aromatic carbocycles. The number of halogens is 3. The molecule has 0 spiro atoms. The van der Waals surface area contributed by atoms with Crippen molar-refractivity contribution in [3.8, 4) is 0 Å². The number of hydrogen-bond donors (Lipinski definition) is 1. The molecule has 1 heterocycles. The first-order valence-electron chi connectivity index (χ1n) is 6.36. The summed E-state index contributed by atoms with van der Waals surface area (Å²) in [5.74, 6) is 0.152. The van der Waals surface area contributed by atoms with E-state index in [0.29, 0.717) is 17.5 Å². The Morgan fingerprint density at radius 2 is 1.87 bits per heavy atom. The first-order chi connectivity index (χ1) is 10.8. The van der Waals surface area contributed by atoms with Crippen LogP contribution in [0, 0.1) is 10.1 Å². The Morgan fingerprint density at radius 3 is 2.35 bits per heavy atom. The molecule has 0 saturated carbocycles. The second kappa shape index (κ2) is 6.42. The van der Waals surface area contributed by atoms with Crippen molar-refractivity contribution >= 4 is 17.2 Å². The smallest absolute Gasteiger partial charge is 0.261 e. The molecular formula is C14H11F3N4O2. The van der Waals surface area contributed by atoms with Crippen LogP contribution >= 0.6 is 0 Å². The summed E-state index contributed by atoms with van der Waals surface area (Å²) < 4.78 is 37.2. The van der Waals surface area contributed by atoms with Crippen molar-refractivity contribution in [2.45, 2.75) is 13.1 Å². The van der Waals surface area contributed by atoms with Gasteiger partial charge in [-0.15, -0.1) is 0 Å². The minimum Gasteiger partial charge on any atom is -0.261 e. The number of hydrazone groups is 1. The van der Waals surface area contributed by atoms with Gasteiger partial charge in [0.1, 0.15) is 5.82 Å². The quantitative estimate of drug-likeness (QED) is 0.526. The van der Waals surface area contributed by atoms with Gasteiger partial charge in [0.25, 0.3) is 5.69 Å². The average Bonchev–Trinajstić information content (AvgIpc) is 2.52. The first-order valence-corrected chi connectivity index (χ1v) is 6.36. The molecule has 9 heteroatoms. The molecule has 0 radical (unpaired) electrons. The minimum absolute atomic E-state index is 0.0427. The van der Waals surface area contributed by atoms with Crippen LogP contribution in [0.25, 0.3) is 0 Å². The van der Waals surface area contributed by atoms with Gasteiger partial charge >= 0.3 is 6.18 Å². The minimum atomic E-state index is -4.44. The van der Waals surface area contributed by atoms with Crippen LogP contribution in [0.4, 0.5) is 24.7 Å². The summed E-state index contributed by atoms with van der Waals surface area (Å²) in [5, 5.41) is 14.5. The van der Waals surface area contributed by atoms with Crippen LogP contribution in [0.1, 0.15) is 18.1 Å². The summed E-state index contributed by atoms with van der Waals surface area (Å²) in [6, 6.07) is 7.79. The number of rotatable bonds is 4. The second-order valence-electron chi connectivity index (χ2n) is 4.54. The van der Waals surface area contributed by atoms with E-state index < -0.39 is 16.7 Å². The van der Waals surface area contributed by atoms with E-state index in [4.69, 9.17) is 0 Å². The van der Waals surface area contributed by atoms with Gasteiger partial charge in [0.05, 0.1) is 16.2 Å². The molecule has 0 aliphatic heterocycles. The Balaban J connectivity index is 2.08. The lowest BCUT2D eigenvalue weighted by Gasteiger charge is -2.07. The molecule has 0 unspecified atom stereocenters. The molecule has 0 fully saturated rings. The molecule has 0 aliphatic rings. The SMILES string of the molecule is C/C(=N\Nc1ccc(C(F)(F)F)cn1)c1ccc([N+](=O)[O-])cc1. The standard InChI is InChI=1S/C14H11F3N4O2/c1-9(10-2-5-12(6-3-10)21(22)23)19-20-13-7-4-11(8-18-13)14(15,16)17/h2-8H,1H3,(H,18,20)/b19-9+. The van der Waals surface area contributed by atoms with Gasteiger partial charge in [0.2, 0.25) is 0 Å². The number of nitro groups is 1. The Hall–Kier alpha value is -2.97. The van der Waals surface area contributed by atoms with Crippen LogP contribution in [0.15, 0.2) is 47.7 Å². The van der Waals surface area contributed by atoms with Gasteiger partial charge in [-0.25, -0.2) is 4.98 Å². The van der Waals surface area contributed by atoms with Crippen LogP contribution in [0.2, 0.25) is 0 Å². The number of hydrogen-bond acceptors (Lipinski definition) is 5. The van der Waals surface area contributed by atoms with Crippen LogP contribution in [0.5, 0.6) is 0 Å². The fourth-order valence-corrected chi connectivity index (χ4v) is 1.66. The van der Waals surface area contributed by atoms with Crippen LogP contribution < -0.4 is 5.43 Å². The normalized spacial score (nSPS) is 12.1. The lowest BCUT2D eigenvalue weighted by molar-refractivity contribution is -0.384. The molecule has 1 aromatic heterocycles. The van der Waals surface area contributed by atoms with E-state index in [-0.39, 0.29) is 11.5 Å². The highest BCUT2D eigenvalue weighted by atomic mass is 19.4. The van der Waals surface area contributed by atoms with Gasteiger partial charge in [-0.1, -0.05) is 0 Å². The second-order valence-corrected chi connectivity index (χ2v) is 4.54. The van der Waals surface area contributed by atoms with Crippen molar-refractivity contribution in [3.63, 3.8) is 0 Å². The number of nitrogens with one attached hydrogen (secondary N) is 1. The molecule has 2 rings (SSSR count). The molecule has 0 bridgehead atoms. The molecule has 0 amide bonds. The number of benzene rings is 1. The van der Waals surface area contributed by atoms with Gasteiger partial charge in [-0.05, 0) is 36.8 Å². The number of nitrogens with zero attached hydrogens (tertiary/aromatic N) is 3. The number of aromatic nitrogens is 1. The monoisotopic (exact) mass is 324 g/mol. The summed E-state index contributed by atoms with van der Waals surface area (Å²) in [7, 11) is 0. The summed E-state index contributed by atoms with van der Waals surface area (Å²) in [5.41, 5.74) is 2.78. The van der Waals surface area contributed by atoms with Crippen LogP contribution in [-0.4, -0.2) is 15.6 Å². The van der Waals surface area contributed by atoms with Crippen LogP contribution in [0.3, 0.4) is 0 Å². The number of pyridine rings is 1. The fraction of sp³-hybridized carbons (Fsp3) is 0.143. The summed E-state index contributed by atoms with van der Waals surface area (Å²) in [6.07, 6.45) is -3.73. The number of anilines is 1. The number of alkyl halides is 3. The van der Waals surface area contributed by atoms with Gasteiger partial charge in [0, 0.05) is 18.3 Å². The lowest BCUT2D eigenvalue weighted by Crippen LogP contribution is -2.06. The van der Waals surface area contributed by atoms with Crippen molar-refractivity contribution in [1.82, 2.24) is 4.98 Å². The third kappa shape index (κ3) is 4.25. The zero-order valence-electron chi connectivity index (χ0n) is 11.8. The third-order valence-electron chi connectivity index (χ3n) is 2.92. The predicted molar refractivity (Wildman–Crippen MR) is 78.2 cm³/mol. The lowest BCUT2D eigenvalue weighted by atomic mass is 10.1. The molecule has 23 heavy (non-hydrogen) atoms. The third-order valence-corrected chi connectivity index (χ3v) is 2.92. The summed E-state index contributed by atoms with van der Waals surface area (Å²) in [6.45, 7) is 1.65. The first kappa shape index (κ1) is 16.4. The molecule has 6 nitrogen and oxygen atoms in total. The summed E-state index contributed by atoms with van der Waals surface area (Å²) in [4.78, 5) is 13.7. The maximum Gasteiger partial charge on any atom is 0.417 e. The summed E-state index contributed by atoms with van der Waals surface area (Å²) >= 11 is 0.